The normalized spacial score (nSPS) is 24.2. The van der Waals surface area contributed by atoms with Crippen LogP contribution in [0, 0.1) is 41.2 Å². The van der Waals surface area contributed by atoms with Gasteiger partial charge in [0.1, 0.15) is 36.1 Å². The number of nitrogens with one attached hydrogen (secondary N) is 1. The predicted molar refractivity (Wildman–Crippen MR) is 300 cm³/mol. The lowest BCUT2D eigenvalue weighted by atomic mass is 9.63. The number of carbonyl (C=O) groups is 3. The number of hydrogen-bond acceptors (Lipinski definition) is 13. The topological polar surface area (TPSA) is 160 Å². The summed E-state index contributed by atoms with van der Waals surface area (Å²) in [5, 5.41) is 9.85. The smallest absolute Gasteiger partial charge is 0.409 e. The molecule has 4 atom stereocenters. The van der Waals surface area contributed by atoms with Crippen LogP contribution in [0.4, 0.5) is 25.1 Å². The Balaban J connectivity index is 0.646. The summed E-state index contributed by atoms with van der Waals surface area (Å²) in [5.41, 5.74) is 3.95. The zero-order valence-electron chi connectivity index (χ0n) is 46.1. The van der Waals surface area contributed by atoms with Crippen LogP contribution < -0.4 is 19.9 Å². The second kappa shape index (κ2) is 20.8. The first-order valence-electron chi connectivity index (χ1n) is 29.1. The molecule has 418 valence electrons. The molecule has 6 saturated heterocycles. The number of aromatic nitrogens is 5. The average Bonchev–Trinajstić information content (AvgIpc) is 4.21. The Bertz CT molecular complexity index is 3490. The molecule has 18 heteroatoms. The Morgan fingerprint density at radius 3 is 2.51 bits per heavy atom. The fourth-order valence-corrected chi connectivity index (χ4v) is 15.1. The molecule has 7 aliphatic heterocycles. The third-order valence-electron chi connectivity index (χ3n) is 19.7. The van der Waals surface area contributed by atoms with Crippen molar-refractivity contribution in [2.75, 3.05) is 75.5 Å². The van der Waals surface area contributed by atoms with Crippen molar-refractivity contribution in [2.45, 2.75) is 121 Å². The van der Waals surface area contributed by atoms with Crippen LogP contribution in [0.1, 0.15) is 114 Å². The lowest BCUT2D eigenvalue weighted by molar-refractivity contribution is -0.134. The lowest BCUT2D eigenvalue weighted by Crippen LogP contribution is -2.49. The Hall–Kier alpha value is -6.97. The number of likely N-dealkylation sites (tertiary alicyclic amines) is 1. The average molecular weight is 1090 g/mol. The molecule has 10 heterocycles. The van der Waals surface area contributed by atoms with Crippen molar-refractivity contribution in [3.63, 3.8) is 0 Å². The molecule has 80 heavy (non-hydrogen) atoms. The van der Waals surface area contributed by atoms with Gasteiger partial charge in [0.15, 0.2) is 5.82 Å². The van der Waals surface area contributed by atoms with Gasteiger partial charge in [0.05, 0.1) is 52.0 Å². The summed E-state index contributed by atoms with van der Waals surface area (Å²) in [5.74, 6) is 2.01. The number of benzene rings is 3. The van der Waals surface area contributed by atoms with Gasteiger partial charge in [0.2, 0.25) is 11.8 Å². The van der Waals surface area contributed by atoms with Crippen LogP contribution in [-0.2, 0) is 32.5 Å². The summed E-state index contributed by atoms with van der Waals surface area (Å²) in [6.45, 7) is 11.4. The van der Waals surface area contributed by atoms with Crippen molar-refractivity contribution >= 4 is 62.0 Å². The molecular formula is C62H70F2N10O6. The van der Waals surface area contributed by atoms with Crippen LogP contribution in [0.3, 0.4) is 0 Å². The predicted octanol–water partition coefficient (Wildman–Crippen LogP) is 9.22. The summed E-state index contributed by atoms with van der Waals surface area (Å²) in [7, 11) is 1.92. The van der Waals surface area contributed by atoms with E-state index in [0.717, 1.165) is 106 Å². The number of pyridine rings is 1. The molecule has 3 aromatic carbocycles. The molecule has 13 rings (SSSR count). The van der Waals surface area contributed by atoms with E-state index in [2.05, 4.69) is 58.0 Å². The van der Waals surface area contributed by atoms with Crippen molar-refractivity contribution in [1.82, 2.24) is 39.8 Å². The highest BCUT2D eigenvalue weighted by Crippen LogP contribution is 2.48. The zero-order chi connectivity index (χ0) is 55.0. The Labute approximate surface area is 464 Å². The van der Waals surface area contributed by atoms with Crippen molar-refractivity contribution < 1.29 is 37.4 Å². The number of anilines is 2. The Morgan fingerprint density at radius 2 is 1.71 bits per heavy atom. The molecule has 0 radical (unpaired) electrons. The maximum atomic E-state index is 17.5. The minimum atomic E-state index is -0.641. The Morgan fingerprint density at radius 1 is 0.900 bits per heavy atom. The number of imide groups is 1. The van der Waals surface area contributed by atoms with E-state index in [-0.39, 0.29) is 63.7 Å². The fraction of sp³-hybridized carbons (Fsp3) is 0.532. The van der Waals surface area contributed by atoms with Crippen LogP contribution >= 0.6 is 0 Å². The molecule has 0 aliphatic carbocycles. The molecule has 6 fully saturated rings. The quantitative estimate of drug-likeness (QED) is 0.102. The molecule has 1 N–H and O–H groups in total. The number of fused-ring (bicyclic) bond motifs is 5. The van der Waals surface area contributed by atoms with E-state index in [0.29, 0.717) is 110 Å². The molecule has 3 amide bonds. The number of ether oxygens (including phenoxy) is 3. The number of rotatable bonds is 10. The number of terminal acetylenes is 1. The first-order valence-corrected chi connectivity index (χ1v) is 29.1. The molecule has 0 saturated carbocycles. The van der Waals surface area contributed by atoms with Crippen molar-refractivity contribution in [2.24, 2.45) is 24.3 Å². The largest absolute Gasteiger partial charge is 0.461 e. The molecule has 0 spiro atoms. The fourth-order valence-electron chi connectivity index (χ4n) is 15.1. The highest BCUT2D eigenvalue weighted by molar-refractivity contribution is 6.04. The van der Waals surface area contributed by atoms with Crippen LogP contribution in [0.25, 0.3) is 43.8 Å². The van der Waals surface area contributed by atoms with Crippen LogP contribution in [0.5, 0.6) is 6.01 Å². The molecule has 0 bridgehead atoms. The molecule has 6 aromatic rings. The van der Waals surface area contributed by atoms with Crippen molar-refractivity contribution in [3.05, 3.63) is 77.1 Å². The van der Waals surface area contributed by atoms with Crippen molar-refractivity contribution in [3.8, 4) is 29.6 Å². The minimum absolute atomic E-state index is 0.00568. The second-order valence-electron chi connectivity index (χ2n) is 24.2. The SMILES string of the molecule is C#Cc1c(F)ccc2cccc(-c3nc4c5c(nc(OC[C@@]67CCCN6[C@H](COC(=O)N6CCC(C(C)(C)C8CCN(c9ccc%10c(C%11CCC(=O)NC%11=O)nn(C)c%10c9)CC8)CC6)CC7)nc5c3F)N3CCCOC[C@@H]3CC4)c12. The Kier molecular flexibility index (Phi) is 13.7. The second-order valence-corrected chi connectivity index (χ2v) is 24.2. The molecule has 1 unspecified atom stereocenters. The third kappa shape index (κ3) is 9.16. The minimum Gasteiger partial charge on any atom is -0.461 e. The molecule has 7 aliphatic rings. The van der Waals surface area contributed by atoms with E-state index >= 15 is 8.78 Å². The van der Waals surface area contributed by atoms with E-state index in [1.807, 2.05) is 22.7 Å². The van der Waals surface area contributed by atoms with Gasteiger partial charge >= 0.3 is 12.1 Å². The van der Waals surface area contributed by atoms with Crippen molar-refractivity contribution in [1.29, 1.82) is 0 Å². The van der Waals surface area contributed by atoms with Gasteiger partial charge in [-0.3, -0.25) is 24.5 Å². The zero-order valence-corrected chi connectivity index (χ0v) is 46.1. The highest BCUT2D eigenvalue weighted by atomic mass is 19.1. The van der Waals surface area contributed by atoms with Gasteiger partial charge in [0, 0.05) is 80.9 Å². The first-order chi connectivity index (χ1) is 38.8. The van der Waals surface area contributed by atoms with Gasteiger partial charge in [-0.15, -0.1) is 6.42 Å². The summed E-state index contributed by atoms with van der Waals surface area (Å²) in [6, 6.07) is 14.9. The first kappa shape index (κ1) is 52.4. The van der Waals surface area contributed by atoms with Gasteiger partial charge in [-0.05, 0) is 130 Å². The summed E-state index contributed by atoms with van der Waals surface area (Å²) in [6.07, 6.45) is 16.1. The van der Waals surface area contributed by atoms with Crippen LogP contribution in [0.2, 0.25) is 0 Å². The summed E-state index contributed by atoms with van der Waals surface area (Å²) in [4.78, 5) is 62.3. The van der Waals surface area contributed by atoms with Gasteiger partial charge in [-0.25, -0.2) is 18.6 Å². The number of hydrogen-bond donors (Lipinski definition) is 1. The van der Waals surface area contributed by atoms with Crippen LogP contribution in [-0.4, -0.2) is 136 Å². The molecule has 3 aromatic heterocycles. The van der Waals surface area contributed by atoms with Gasteiger partial charge in [-0.2, -0.15) is 15.1 Å². The number of piperidine rings is 3. The number of aryl methyl sites for hydroxylation is 2. The third-order valence-corrected chi connectivity index (χ3v) is 19.7. The molecule has 16 nitrogen and oxygen atoms in total. The highest BCUT2D eigenvalue weighted by Gasteiger charge is 2.51. The van der Waals surface area contributed by atoms with E-state index < -0.39 is 17.6 Å². The van der Waals surface area contributed by atoms with E-state index in [1.54, 1.807) is 18.2 Å². The van der Waals surface area contributed by atoms with E-state index in [9.17, 15) is 14.4 Å². The maximum absolute atomic E-state index is 17.5. The number of amides is 3. The number of halogens is 2. The number of carbonyl (C=O) groups excluding carboxylic acids is 3. The van der Waals surface area contributed by atoms with Gasteiger partial charge < -0.3 is 28.9 Å². The lowest BCUT2D eigenvalue weighted by Gasteiger charge is -2.48. The summed E-state index contributed by atoms with van der Waals surface area (Å²) < 4.78 is 53.5. The van der Waals surface area contributed by atoms with Gasteiger partial charge in [0.25, 0.3) is 0 Å². The maximum Gasteiger partial charge on any atom is 0.409 e. The monoisotopic (exact) mass is 1090 g/mol. The van der Waals surface area contributed by atoms with Crippen LogP contribution in [0.15, 0.2) is 48.5 Å². The van der Waals surface area contributed by atoms with E-state index in [1.165, 1.54) is 6.07 Å². The van der Waals surface area contributed by atoms with Gasteiger partial charge in [-0.1, -0.05) is 44.0 Å². The number of nitrogens with zero attached hydrogens (tertiary/aromatic N) is 9. The molecular weight excluding hydrogens is 1020 g/mol. The standard InChI is InChI=1S/C62H70F2N10O6/c1-5-43-47(63)16-11-37-9-6-10-45(51(37)43)55-53(64)56-52-48(65-55)17-13-41-34-78-32-8-26-73(41)57(52)68-59(67-56)80-36-62-24-7-27-74(62)42(19-25-62)35-79-60(77)72-30-22-39(23-31-72)61(2,3)38-20-28-71(29-21-38)40-12-14-44-49(33-40)70(4)69-54(44)46-15-18-50(75)66-58(46)76/h1,6,9-12,14,16,33,38-39,41-42,46H,7-8,13,15,17-32,34-36H2,2-4H3,(H,66,75,76)/t41-,42-,46?,62-/m0/s1. The summed E-state index contributed by atoms with van der Waals surface area (Å²) >= 11 is 0. The van der Waals surface area contributed by atoms with E-state index in [4.69, 9.17) is 40.7 Å².